The number of likely N-dealkylation sites (N-methyl/N-ethyl adjacent to an activating group) is 1. The van der Waals surface area contributed by atoms with Gasteiger partial charge in [0.05, 0.1) is 16.8 Å². The molecule has 5 nitrogen and oxygen atoms in total. The summed E-state index contributed by atoms with van der Waals surface area (Å²) < 4.78 is 1.17. The average molecular weight is 358 g/mol. The smallest absolute Gasteiger partial charge is 0.245 e. The van der Waals surface area contributed by atoms with Crippen LogP contribution in [-0.4, -0.2) is 40.4 Å². The molecule has 0 spiro atoms. The second kappa shape index (κ2) is 6.49. The topological polar surface area (TPSA) is 49.3 Å². The highest BCUT2D eigenvalue weighted by Gasteiger charge is 2.34. The maximum absolute atomic E-state index is 12.9. The maximum atomic E-state index is 12.9. The third kappa shape index (κ3) is 2.89. The van der Waals surface area contributed by atoms with Crippen molar-refractivity contribution in [3.05, 3.63) is 40.8 Å². The first-order chi connectivity index (χ1) is 11.7. The Kier molecular flexibility index (Phi) is 4.20. The third-order valence-electron chi connectivity index (χ3n) is 4.29. The molecule has 3 aromatic rings. The lowest BCUT2D eigenvalue weighted by molar-refractivity contribution is -0.131. The summed E-state index contributed by atoms with van der Waals surface area (Å²) in [6, 6.07) is 7.99. The largest absolute Gasteiger partial charge is 0.337 e. The Balaban J connectivity index is 1.49. The summed E-state index contributed by atoms with van der Waals surface area (Å²) >= 11 is 3.25. The van der Waals surface area contributed by atoms with E-state index in [9.17, 15) is 4.79 Å². The van der Waals surface area contributed by atoms with Crippen molar-refractivity contribution in [3.8, 4) is 0 Å². The van der Waals surface area contributed by atoms with Crippen LogP contribution in [0.2, 0.25) is 0 Å². The van der Waals surface area contributed by atoms with Gasteiger partial charge in [-0.05, 0) is 25.0 Å². The van der Waals surface area contributed by atoms with Gasteiger partial charge in [0.2, 0.25) is 5.91 Å². The van der Waals surface area contributed by atoms with E-state index in [0.29, 0.717) is 6.54 Å². The van der Waals surface area contributed by atoms with Crippen LogP contribution in [-0.2, 0) is 11.3 Å². The molecule has 4 rings (SSSR count). The number of hydrogen-bond acceptors (Lipinski definition) is 6. The van der Waals surface area contributed by atoms with E-state index in [2.05, 4.69) is 20.9 Å². The van der Waals surface area contributed by atoms with Crippen molar-refractivity contribution in [1.29, 1.82) is 0 Å². The van der Waals surface area contributed by atoms with Crippen LogP contribution in [0.15, 0.2) is 35.8 Å². The van der Waals surface area contributed by atoms with Crippen LogP contribution in [0.5, 0.6) is 0 Å². The minimum Gasteiger partial charge on any atom is -0.337 e. The Bertz CT molecular complexity index is 812. The third-order valence-corrected chi connectivity index (χ3v) is 6.12. The number of carbonyl (C=O) groups is 1. The summed E-state index contributed by atoms with van der Waals surface area (Å²) in [4.78, 5) is 25.8. The van der Waals surface area contributed by atoms with Gasteiger partial charge in [-0.25, -0.2) is 9.97 Å². The van der Waals surface area contributed by atoms with Crippen molar-refractivity contribution in [2.45, 2.75) is 25.4 Å². The zero-order valence-electron chi connectivity index (χ0n) is 13.4. The Labute approximate surface area is 148 Å². The van der Waals surface area contributed by atoms with Crippen molar-refractivity contribution >= 4 is 43.9 Å². The quantitative estimate of drug-likeness (QED) is 0.717. The molecule has 1 aliphatic rings. The number of carbonyl (C=O) groups excluding carboxylic acids is 1. The molecule has 0 saturated carbocycles. The predicted molar refractivity (Wildman–Crippen MR) is 98.6 cm³/mol. The standard InChI is InChI=1S/C17H18N4OS2/c1-20(11-15-19-12-5-2-3-7-14(12)24-15)16(22)13-6-4-9-21(13)17-18-8-10-23-17/h2-3,5,7-8,10,13H,4,6,9,11H2,1H3. The summed E-state index contributed by atoms with van der Waals surface area (Å²) in [7, 11) is 1.87. The number of amides is 1. The summed E-state index contributed by atoms with van der Waals surface area (Å²) in [5, 5.41) is 3.88. The number of aromatic nitrogens is 2. The number of thiazole rings is 2. The van der Waals surface area contributed by atoms with Gasteiger partial charge in [0.1, 0.15) is 11.0 Å². The normalized spacial score (nSPS) is 17.5. The van der Waals surface area contributed by atoms with Gasteiger partial charge < -0.3 is 9.80 Å². The molecule has 0 bridgehead atoms. The van der Waals surface area contributed by atoms with Gasteiger partial charge in [0, 0.05) is 25.2 Å². The van der Waals surface area contributed by atoms with E-state index >= 15 is 0 Å². The zero-order chi connectivity index (χ0) is 16.5. The molecule has 7 heteroatoms. The molecule has 24 heavy (non-hydrogen) atoms. The van der Waals surface area contributed by atoms with E-state index in [-0.39, 0.29) is 11.9 Å². The monoisotopic (exact) mass is 358 g/mol. The Morgan fingerprint density at radius 3 is 3.08 bits per heavy atom. The number of para-hydroxylation sites is 1. The lowest BCUT2D eigenvalue weighted by atomic mass is 10.2. The first-order valence-electron chi connectivity index (χ1n) is 7.98. The molecular weight excluding hydrogens is 340 g/mol. The summed E-state index contributed by atoms with van der Waals surface area (Å²) in [6.07, 6.45) is 3.72. The molecule has 1 atom stereocenters. The SMILES string of the molecule is CN(Cc1nc2ccccc2s1)C(=O)C1CCCN1c1nccs1. The fourth-order valence-corrected chi connectivity index (χ4v) is 4.87. The van der Waals surface area contributed by atoms with Crippen LogP contribution in [0.1, 0.15) is 17.8 Å². The first kappa shape index (κ1) is 15.5. The van der Waals surface area contributed by atoms with Crippen molar-refractivity contribution in [2.75, 3.05) is 18.5 Å². The number of nitrogens with zero attached hydrogens (tertiary/aromatic N) is 4. The Hall–Kier alpha value is -1.99. The molecule has 3 heterocycles. The van der Waals surface area contributed by atoms with Crippen LogP contribution >= 0.6 is 22.7 Å². The van der Waals surface area contributed by atoms with E-state index < -0.39 is 0 Å². The molecule has 2 aromatic heterocycles. The second-order valence-electron chi connectivity index (χ2n) is 5.94. The summed E-state index contributed by atoms with van der Waals surface area (Å²) in [6.45, 7) is 1.46. The van der Waals surface area contributed by atoms with Gasteiger partial charge in [0.15, 0.2) is 5.13 Å². The molecule has 1 amide bonds. The highest BCUT2D eigenvalue weighted by Crippen LogP contribution is 2.29. The van der Waals surface area contributed by atoms with Crippen molar-refractivity contribution < 1.29 is 4.79 Å². The fraction of sp³-hybridized carbons (Fsp3) is 0.353. The maximum Gasteiger partial charge on any atom is 0.245 e. The van der Waals surface area contributed by atoms with E-state index in [4.69, 9.17) is 0 Å². The highest BCUT2D eigenvalue weighted by molar-refractivity contribution is 7.18. The minimum atomic E-state index is -0.101. The zero-order valence-corrected chi connectivity index (χ0v) is 15.0. The van der Waals surface area contributed by atoms with Crippen LogP contribution in [0.4, 0.5) is 5.13 Å². The lowest BCUT2D eigenvalue weighted by Crippen LogP contribution is -2.43. The van der Waals surface area contributed by atoms with Gasteiger partial charge in [-0.2, -0.15) is 0 Å². The van der Waals surface area contributed by atoms with Gasteiger partial charge in [0.25, 0.3) is 0 Å². The predicted octanol–water partition coefficient (Wildman–Crippen LogP) is 3.38. The van der Waals surface area contributed by atoms with Crippen LogP contribution in [0.25, 0.3) is 10.2 Å². The Morgan fingerprint density at radius 2 is 2.29 bits per heavy atom. The number of benzene rings is 1. The highest BCUT2D eigenvalue weighted by atomic mass is 32.1. The second-order valence-corrected chi connectivity index (χ2v) is 7.92. The van der Waals surface area contributed by atoms with E-state index in [1.165, 1.54) is 4.70 Å². The lowest BCUT2D eigenvalue weighted by Gasteiger charge is -2.27. The number of hydrogen-bond donors (Lipinski definition) is 0. The van der Waals surface area contributed by atoms with Crippen molar-refractivity contribution in [2.24, 2.45) is 0 Å². The summed E-state index contributed by atoms with van der Waals surface area (Å²) in [5.74, 6) is 0.155. The number of rotatable bonds is 4. The molecule has 0 radical (unpaired) electrons. The molecule has 1 fully saturated rings. The molecular formula is C17H18N4OS2. The minimum absolute atomic E-state index is 0.101. The van der Waals surface area contributed by atoms with Crippen LogP contribution in [0.3, 0.4) is 0 Å². The number of fused-ring (bicyclic) bond motifs is 1. The fourth-order valence-electron chi connectivity index (χ4n) is 3.13. The summed E-state index contributed by atoms with van der Waals surface area (Å²) in [5.41, 5.74) is 1.00. The van der Waals surface area contributed by atoms with Crippen molar-refractivity contribution in [1.82, 2.24) is 14.9 Å². The molecule has 1 aromatic carbocycles. The van der Waals surface area contributed by atoms with Gasteiger partial charge in [-0.1, -0.05) is 12.1 Å². The molecule has 1 unspecified atom stereocenters. The Morgan fingerprint density at radius 1 is 1.42 bits per heavy atom. The molecule has 0 N–H and O–H groups in total. The number of anilines is 1. The molecule has 124 valence electrons. The van der Waals surface area contributed by atoms with E-state index in [0.717, 1.165) is 35.0 Å². The van der Waals surface area contributed by atoms with Gasteiger partial charge in [-0.3, -0.25) is 4.79 Å². The molecule has 0 aliphatic carbocycles. The van der Waals surface area contributed by atoms with Crippen LogP contribution < -0.4 is 4.90 Å². The molecule has 1 saturated heterocycles. The van der Waals surface area contributed by atoms with Gasteiger partial charge >= 0.3 is 0 Å². The average Bonchev–Trinajstić information content (AvgIpc) is 3.32. The first-order valence-corrected chi connectivity index (χ1v) is 9.67. The van der Waals surface area contributed by atoms with Crippen LogP contribution in [0, 0.1) is 0 Å². The van der Waals surface area contributed by atoms with Gasteiger partial charge in [-0.15, -0.1) is 22.7 Å². The van der Waals surface area contributed by atoms with E-state index in [1.54, 1.807) is 33.8 Å². The van der Waals surface area contributed by atoms with Crippen molar-refractivity contribution in [3.63, 3.8) is 0 Å². The molecule has 1 aliphatic heterocycles. The van der Waals surface area contributed by atoms with E-state index in [1.807, 2.05) is 30.6 Å².